The summed E-state index contributed by atoms with van der Waals surface area (Å²) in [5.41, 5.74) is 5.84. The number of primary amides is 1. The van der Waals surface area contributed by atoms with E-state index in [1.165, 1.54) is 12.4 Å². The molecule has 0 aromatic carbocycles. The molecule has 0 atom stereocenters. The Morgan fingerprint density at radius 2 is 2.26 bits per heavy atom. The molecule has 0 radical (unpaired) electrons. The summed E-state index contributed by atoms with van der Waals surface area (Å²) in [6, 6.07) is 1.54. The van der Waals surface area contributed by atoms with Crippen LogP contribution in [0.4, 0.5) is 0 Å². The van der Waals surface area contributed by atoms with Gasteiger partial charge in [-0.2, -0.15) is 0 Å². The molecule has 1 heterocycles. The highest BCUT2D eigenvalue weighted by Crippen LogP contribution is 2.05. The first-order chi connectivity index (χ1) is 9.15. The number of rotatable bonds is 5. The highest BCUT2D eigenvalue weighted by atomic mass is 16.2. The molecule has 0 saturated carbocycles. The molecule has 4 N–H and O–H groups in total. The van der Waals surface area contributed by atoms with Gasteiger partial charge in [0.05, 0.1) is 17.7 Å². The minimum absolute atomic E-state index is 0.0343. The molecule has 0 saturated heterocycles. The lowest BCUT2D eigenvalue weighted by molar-refractivity contribution is -0.117. The maximum absolute atomic E-state index is 11.9. The van der Waals surface area contributed by atoms with Crippen molar-refractivity contribution in [2.24, 2.45) is 5.73 Å². The molecular weight excluding hydrogens is 246 g/mol. The molecule has 1 aromatic heterocycles. The van der Waals surface area contributed by atoms with Gasteiger partial charge in [-0.05, 0) is 6.07 Å². The number of carbonyl (C=O) groups is 2. The number of carbonyl (C=O) groups excluding carboxylic acids is 2. The largest absolute Gasteiger partial charge is 0.395 e. The predicted octanol–water partition coefficient (Wildman–Crippen LogP) is -0.579. The number of hydrogen-bond donors (Lipinski definition) is 3. The Morgan fingerprint density at radius 3 is 2.95 bits per heavy atom. The number of nitrogens with one attached hydrogen (secondary N) is 1. The molecule has 6 nitrogen and oxygen atoms in total. The highest BCUT2D eigenvalue weighted by molar-refractivity contribution is 5.96. The van der Waals surface area contributed by atoms with Crippen molar-refractivity contribution in [2.75, 3.05) is 13.2 Å². The van der Waals surface area contributed by atoms with Crippen LogP contribution < -0.4 is 11.1 Å². The van der Waals surface area contributed by atoms with Crippen LogP contribution in [0, 0.1) is 11.8 Å². The van der Waals surface area contributed by atoms with E-state index in [-0.39, 0.29) is 25.5 Å². The van der Waals surface area contributed by atoms with Gasteiger partial charge in [-0.3, -0.25) is 14.6 Å². The van der Waals surface area contributed by atoms with Crippen LogP contribution in [0.2, 0.25) is 0 Å². The first-order valence-electron chi connectivity index (χ1n) is 5.75. The van der Waals surface area contributed by atoms with Crippen LogP contribution >= 0.6 is 0 Å². The van der Waals surface area contributed by atoms with Gasteiger partial charge in [-0.1, -0.05) is 11.8 Å². The fourth-order valence-electron chi connectivity index (χ4n) is 1.30. The summed E-state index contributed by atoms with van der Waals surface area (Å²) in [7, 11) is 0. The van der Waals surface area contributed by atoms with Gasteiger partial charge in [-0.25, -0.2) is 0 Å². The molecule has 0 fully saturated rings. The molecule has 2 amide bonds. The van der Waals surface area contributed by atoms with E-state index in [0.717, 1.165) is 0 Å². The Morgan fingerprint density at radius 1 is 1.47 bits per heavy atom. The third-order valence-corrected chi connectivity index (χ3v) is 2.18. The number of hydrogen-bond acceptors (Lipinski definition) is 4. The van der Waals surface area contributed by atoms with Crippen molar-refractivity contribution >= 4 is 11.8 Å². The number of amides is 2. The molecule has 0 aliphatic heterocycles. The van der Waals surface area contributed by atoms with Crippen molar-refractivity contribution in [1.29, 1.82) is 0 Å². The molecule has 0 unspecified atom stereocenters. The van der Waals surface area contributed by atoms with Gasteiger partial charge in [0.25, 0.3) is 5.91 Å². The number of aliphatic hydroxyl groups excluding tert-OH is 1. The van der Waals surface area contributed by atoms with Gasteiger partial charge in [0, 0.05) is 31.8 Å². The van der Waals surface area contributed by atoms with Crippen molar-refractivity contribution in [2.45, 2.75) is 12.8 Å². The fraction of sp³-hybridized carbons (Fsp3) is 0.308. The number of aliphatic hydroxyl groups is 1. The van der Waals surface area contributed by atoms with Crippen molar-refractivity contribution in [3.8, 4) is 11.8 Å². The molecule has 1 rings (SSSR count). The van der Waals surface area contributed by atoms with E-state index < -0.39 is 5.91 Å². The fourth-order valence-corrected chi connectivity index (χ4v) is 1.30. The number of nitrogens with two attached hydrogens (primary N) is 1. The molecule has 0 spiro atoms. The molecule has 0 aliphatic carbocycles. The van der Waals surface area contributed by atoms with E-state index in [9.17, 15) is 9.59 Å². The zero-order valence-corrected chi connectivity index (χ0v) is 10.3. The van der Waals surface area contributed by atoms with E-state index in [4.69, 9.17) is 10.8 Å². The lowest BCUT2D eigenvalue weighted by Gasteiger charge is -2.05. The van der Waals surface area contributed by atoms with Gasteiger partial charge in [0.15, 0.2) is 0 Å². The van der Waals surface area contributed by atoms with E-state index in [2.05, 4.69) is 22.1 Å². The molecule has 0 bridgehead atoms. The van der Waals surface area contributed by atoms with Crippen LogP contribution in [0.15, 0.2) is 18.5 Å². The lowest BCUT2D eigenvalue weighted by Crippen LogP contribution is -2.28. The SMILES string of the molecule is NC(=O)CCNC(=O)c1ccncc1C#CCCO. The average Bonchev–Trinajstić information content (AvgIpc) is 2.39. The second kappa shape index (κ2) is 7.84. The maximum atomic E-state index is 11.9. The quantitative estimate of drug-likeness (QED) is 0.617. The molecule has 6 heteroatoms. The third-order valence-electron chi connectivity index (χ3n) is 2.18. The van der Waals surface area contributed by atoms with Crippen LogP contribution in [-0.2, 0) is 4.79 Å². The van der Waals surface area contributed by atoms with Crippen LogP contribution in [0.5, 0.6) is 0 Å². The van der Waals surface area contributed by atoms with Crippen molar-refractivity contribution in [3.05, 3.63) is 29.6 Å². The summed E-state index contributed by atoms with van der Waals surface area (Å²) in [6.07, 6.45) is 3.38. The summed E-state index contributed by atoms with van der Waals surface area (Å²) in [5.74, 6) is 4.69. The van der Waals surface area contributed by atoms with Crippen molar-refractivity contribution in [3.63, 3.8) is 0 Å². The minimum Gasteiger partial charge on any atom is -0.395 e. The van der Waals surface area contributed by atoms with Crippen LogP contribution in [0.25, 0.3) is 0 Å². The predicted molar refractivity (Wildman–Crippen MR) is 69.0 cm³/mol. The second-order valence-electron chi connectivity index (χ2n) is 3.67. The monoisotopic (exact) mass is 261 g/mol. The van der Waals surface area contributed by atoms with Gasteiger partial charge in [-0.15, -0.1) is 0 Å². The summed E-state index contributed by atoms with van der Waals surface area (Å²) in [6.45, 7) is 0.146. The van der Waals surface area contributed by atoms with Gasteiger partial charge < -0.3 is 16.2 Å². The minimum atomic E-state index is -0.474. The van der Waals surface area contributed by atoms with Gasteiger partial charge >= 0.3 is 0 Å². The van der Waals surface area contributed by atoms with Crippen LogP contribution in [0.1, 0.15) is 28.8 Å². The van der Waals surface area contributed by atoms with E-state index in [1.54, 1.807) is 6.07 Å². The van der Waals surface area contributed by atoms with E-state index in [1.807, 2.05) is 0 Å². The Balaban J connectivity index is 2.74. The maximum Gasteiger partial charge on any atom is 0.252 e. The van der Waals surface area contributed by atoms with E-state index >= 15 is 0 Å². The van der Waals surface area contributed by atoms with Gasteiger partial charge in [0.1, 0.15) is 0 Å². The standard InChI is InChI=1S/C13H15N3O3/c14-12(18)5-7-16-13(19)11-4-6-15-9-10(11)3-1-2-8-17/h4,6,9,17H,2,5,7-8H2,(H2,14,18)(H,16,19). The second-order valence-corrected chi connectivity index (χ2v) is 3.67. The normalized spacial score (nSPS) is 9.32. The summed E-state index contributed by atoms with van der Waals surface area (Å²) in [5, 5.41) is 11.2. The molecular formula is C13H15N3O3. The molecule has 1 aromatic rings. The average molecular weight is 261 g/mol. The number of aromatic nitrogens is 1. The van der Waals surface area contributed by atoms with Crippen LogP contribution in [-0.4, -0.2) is 35.1 Å². The Bertz CT molecular complexity index is 517. The van der Waals surface area contributed by atoms with Crippen molar-refractivity contribution in [1.82, 2.24) is 10.3 Å². The number of nitrogens with zero attached hydrogens (tertiary/aromatic N) is 1. The Kier molecular flexibility index (Phi) is 6.06. The molecule has 100 valence electrons. The summed E-state index contributed by atoms with van der Waals surface area (Å²) in [4.78, 5) is 26.3. The highest BCUT2D eigenvalue weighted by Gasteiger charge is 2.09. The lowest BCUT2D eigenvalue weighted by atomic mass is 10.1. The van der Waals surface area contributed by atoms with Gasteiger partial charge in [0.2, 0.25) is 5.91 Å². The Hall–Kier alpha value is -2.39. The van der Waals surface area contributed by atoms with Crippen LogP contribution in [0.3, 0.4) is 0 Å². The topological polar surface area (TPSA) is 105 Å². The number of pyridine rings is 1. The van der Waals surface area contributed by atoms with E-state index in [0.29, 0.717) is 17.5 Å². The first-order valence-corrected chi connectivity index (χ1v) is 5.75. The smallest absolute Gasteiger partial charge is 0.252 e. The first kappa shape index (κ1) is 14.7. The third kappa shape index (κ3) is 5.19. The molecule has 19 heavy (non-hydrogen) atoms. The zero-order chi connectivity index (χ0) is 14.1. The summed E-state index contributed by atoms with van der Waals surface area (Å²) >= 11 is 0. The zero-order valence-electron chi connectivity index (χ0n) is 10.3. The Labute approximate surface area is 111 Å². The van der Waals surface area contributed by atoms with Crippen molar-refractivity contribution < 1.29 is 14.7 Å². The molecule has 0 aliphatic rings. The summed E-state index contributed by atoms with van der Waals surface area (Å²) < 4.78 is 0.